The summed E-state index contributed by atoms with van der Waals surface area (Å²) in [6.45, 7) is -0.165. The van der Waals surface area contributed by atoms with Gasteiger partial charge < -0.3 is 10.1 Å². The standard InChI is InChI=1S/C9H11FN2O4S/c1-12-9(13)16-5-6-2-3-8(7(10)4-6)17(11,14)15/h2-4H,5H2,1H3,(H,12,13)(H2,11,14,15). The van der Waals surface area contributed by atoms with E-state index in [1.165, 1.54) is 13.1 Å². The summed E-state index contributed by atoms with van der Waals surface area (Å²) < 4.78 is 39.8. The molecule has 0 aliphatic carbocycles. The normalized spacial score (nSPS) is 11.0. The second-order valence-corrected chi connectivity index (χ2v) is 4.67. The predicted molar refractivity (Wildman–Crippen MR) is 57.0 cm³/mol. The van der Waals surface area contributed by atoms with Gasteiger partial charge in [0.2, 0.25) is 10.0 Å². The van der Waals surface area contributed by atoms with Crippen LogP contribution in [0.2, 0.25) is 0 Å². The van der Waals surface area contributed by atoms with E-state index in [4.69, 9.17) is 5.14 Å². The Kier molecular flexibility index (Phi) is 4.02. The molecule has 0 unspecified atom stereocenters. The highest BCUT2D eigenvalue weighted by Crippen LogP contribution is 2.15. The van der Waals surface area contributed by atoms with Crippen molar-refractivity contribution in [3.63, 3.8) is 0 Å². The maximum Gasteiger partial charge on any atom is 0.407 e. The van der Waals surface area contributed by atoms with E-state index in [9.17, 15) is 17.6 Å². The maximum atomic E-state index is 13.3. The van der Waals surface area contributed by atoms with E-state index in [0.717, 1.165) is 12.1 Å². The predicted octanol–water partition coefficient (Wildman–Crippen LogP) is 0.329. The lowest BCUT2D eigenvalue weighted by Gasteiger charge is -2.05. The van der Waals surface area contributed by atoms with Crippen molar-refractivity contribution in [3.05, 3.63) is 29.6 Å². The Hall–Kier alpha value is -1.67. The fourth-order valence-corrected chi connectivity index (χ4v) is 1.67. The Morgan fingerprint density at radius 1 is 1.53 bits per heavy atom. The minimum Gasteiger partial charge on any atom is -0.445 e. The number of primary sulfonamides is 1. The smallest absolute Gasteiger partial charge is 0.407 e. The first-order chi connectivity index (χ1) is 7.84. The van der Waals surface area contributed by atoms with Crippen molar-refractivity contribution in [3.8, 4) is 0 Å². The second-order valence-electron chi connectivity index (χ2n) is 3.14. The summed E-state index contributed by atoms with van der Waals surface area (Å²) in [6, 6.07) is 3.28. The van der Waals surface area contributed by atoms with Crippen molar-refractivity contribution in [2.45, 2.75) is 11.5 Å². The van der Waals surface area contributed by atoms with Gasteiger partial charge in [-0.15, -0.1) is 0 Å². The van der Waals surface area contributed by atoms with Crippen molar-refractivity contribution >= 4 is 16.1 Å². The number of alkyl carbamates (subject to hydrolysis) is 1. The number of rotatable bonds is 3. The molecule has 0 saturated carbocycles. The van der Waals surface area contributed by atoms with Crippen LogP contribution in [-0.2, 0) is 21.4 Å². The summed E-state index contributed by atoms with van der Waals surface area (Å²) in [5.74, 6) is -0.981. The quantitative estimate of drug-likeness (QED) is 0.820. The van der Waals surface area contributed by atoms with Crippen LogP contribution in [0.4, 0.5) is 9.18 Å². The Balaban J connectivity index is 2.87. The van der Waals surface area contributed by atoms with Crippen LogP contribution in [0.5, 0.6) is 0 Å². The molecule has 0 radical (unpaired) electrons. The molecule has 1 aromatic rings. The number of halogens is 1. The number of amides is 1. The number of carbonyl (C=O) groups is 1. The molecular formula is C9H11FN2O4S. The van der Waals surface area contributed by atoms with Crippen LogP contribution in [0.3, 0.4) is 0 Å². The Bertz CT molecular complexity index is 530. The lowest BCUT2D eigenvalue weighted by atomic mass is 10.2. The SMILES string of the molecule is CNC(=O)OCc1ccc(S(N)(=O)=O)c(F)c1. The number of benzene rings is 1. The molecule has 0 fully saturated rings. The number of hydrogen-bond donors (Lipinski definition) is 2. The summed E-state index contributed by atoms with van der Waals surface area (Å²) in [7, 11) is -2.70. The van der Waals surface area contributed by atoms with Gasteiger partial charge in [-0.2, -0.15) is 0 Å². The third-order valence-electron chi connectivity index (χ3n) is 1.88. The third kappa shape index (κ3) is 3.68. The zero-order valence-corrected chi connectivity index (χ0v) is 9.75. The van der Waals surface area contributed by atoms with Crippen LogP contribution in [0.15, 0.2) is 23.1 Å². The minimum absolute atomic E-state index is 0.165. The lowest BCUT2D eigenvalue weighted by Crippen LogP contribution is -2.19. The third-order valence-corrected chi connectivity index (χ3v) is 2.82. The highest BCUT2D eigenvalue weighted by Gasteiger charge is 2.14. The Labute approximate surface area is 97.6 Å². The van der Waals surface area contributed by atoms with Crippen LogP contribution in [0.25, 0.3) is 0 Å². The zero-order valence-electron chi connectivity index (χ0n) is 8.94. The molecule has 0 atom stereocenters. The van der Waals surface area contributed by atoms with Gasteiger partial charge in [0, 0.05) is 7.05 Å². The number of ether oxygens (including phenoxy) is 1. The topological polar surface area (TPSA) is 98.5 Å². The first kappa shape index (κ1) is 13.4. The summed E-state index contributed by atoms with van der Waals surface area (Å²) in [6.07, 6.45) is -0.666. The number of carbonyl (C=O) groups excluding carboxylic acids is 1. The van der Waals surface area contributed by atoms with Gasteiger partial charge in [-0.25, -0.2) is 22.7 Å². The van der Waals surface area contributed by atoms with Gasteiger partial charge >= 0.3 is 6.09 Å². The largest absolute Gasteiger partial charge is 0.445 e. The fraction of sp³-hybridized carbons (Fsp3) is 0.222. The van der Waals surface area contributed by atoms with Crippen LogP contribution >= 0.6 is 0 Å². The first-order valence-corrected chi connectivity index (χ1v) is 6.05. The number of nitrogens with two attached hydrogens (primary N) is 1. The van der Waals surface area contributed by atoms with Crippen molar-refractivity contribution in [1.82, 2.24) is 5.32 Å². The molecule has 3 N–H and O–H groups in total. The minimum atomic E-state index is -4.08. The average Bonchev–Trinajstić information content (AvgIpc) is 2.24. The van der Waals surface area contributed by atoms with E-state index in [0.29, 0.717) is 5.56 Å². The van der Waals surface area contributed by atoms with E-state index >= 15 is 0 Å². The molecule has 1 aromatic carbocycles. The second kappa shape index (κ2) is 5.11. The molecular weight excluding hydrogens is 251 g/mol. The van der Waals surface area contributed by atoms with Crippen molar-refractivity contribution < 1.29 is 22.3 Å². The molecule has 0 spiro atoms. The number of hydrogen-bond acceptors (Lipinski definition) is 4. The highest BCUT2D eigenvalue weighted by atomic mass is 32.2. The van der Waals surface area contributed by atoms with Gasteiger partial charge in [-0.05, 0) is 17.7 Å². The molecule has 0 aliphatic rings. The molecule has 0 aliphatic heterocycles. The van der Waals surface area contributed by atoms with E-state index in [1.54, 1.807) is 0 Å². The van der Waals surface area contributed by atoms with Gasteiger partial charge in [0.25, 0.3) is 0 Å². The molecule has 94 valence electrons. The molecule has 6 nitrogen and oxygen atoms in total. The summed E-state index contributed by atoms with van der Waals surface area (Å²) in [4.78, 5) is 10.2. The van der Waals surface area contributed by atoms with Crippen LogP contribution in [-0.4, -0.2) is 21.6 Å². The Morgan fingerprint density at radius 3 is 2.65 bits per heavy atom. The van der Waals surface area contributed by atoms with E-state index in [-0.39, 0.29) is 6.61 Å². The number of nitrogens with one attached hydrogen (secondary N) is 1. The van der Waals surface area contributed by atoms with E-state index < -0.39 is 26.8 Å². The summed E-state index contributed by atoms with van der Waals surface area (Å²) in [5, 5.41) is 7.00. The van der Waals surface area contributed by atoms with Crippen molar-refractivity contribution in [2.24, 2.45) is 5.14 Å². The van der Waals surface area contributed by atoms with Gasteiger partial charge in [-0.3, -0.25) is 0 Å². The van der Waals surface area contributed by atoms with Crippen LogP contribution in [0.1, 0.15) is 5.56 Å². The molecule has 0 aromatic heterocycles. The van der Waals surface area contributed by atoms with Gasteiger partial charge in [0.1, 0.15) is 17.3 Å². The molecule has 1 amide bonds. The van der Waals surface area contributed by atoms with Gasteiger partial charge in [0.15, 0.2) is 0 Å². The molecule has 1 rings (SSSR count). The maximum absolute atomic E-state index is 13.3. The molecule has 0 saturated heterocycles. The zero-order chi connectivity index (χ0) is 13.1. The van der Waals surface area contributed by atoms with Gasteiger partial charge in [-0.1, -0.05) is 6.07 Å². The van der Waals surface area contributed by atoms with Gasteiger partial charge in [0.05, 0.1) is 0 Å². The Morgan fingerprint density at radius 2 is 2.18 bits per heavy atom. The van der Waals surface area contributed by atoms with Crippen LogP contribution < -0.4 is 10.5 Å². The first-order valence-electron chi connectivity index (χ1n) is 4.50. The van der Waals surface area contributed by atoms with Crippen molar-refractivity contribution in [2.75, 3.05) is 7.05 Å². The summed E-state index contributed by atoms with van der Waals surface area (Å²) in [5.41, 5.74) is 0.318. The fourth-order valence-electron chi connectivity index (χ4n) is 1.09. The van der Waals surface area contributed by atoms with E-state index in [2.05, 4.69) is 10.1 Å². The molecule has 0 heterocycles. The van der Waals surface area contributed by atoms with E-state index in [1.807, 2.05) is 0 Å². The number of sulfonamides is 1. The molecule has 17 heavy (non-hydrogen) atoms. The average molecular weight is 262 g/mol. The monoisotopic (exact) mass is 262 g/mol. The lowest BCUT2D eigenvalue weighted by molar-refractivity contribution is 0.142. The van der Waals surface area contributed by atoms with Crippen molar-refractivity contribution in [1.29, 1.82) is 0 Å². The molecule has 0 bridgehead atoms. The molecule has 8 heteroatoms. The highest BCUT2D eigenvalue weighted by molar-refractivity contribution is 7.89. The summed E-state index contributed by atoms with van der Waals surface area (Å²) >= 11 is 0. The van der Waals surface area contributed by atoms with Crippen LogP contribution in [0, 0.1) is 5.82 Å².